The van der Waals surface area contributed by atoms with E-state index in [4.69, 9.17) is 4.74 Å². The first-order valence-corrected chi connectivity index (χ1v) is 5.35. The zero-order valence-electron chi connectivity index (χ0n) is 10.2. The summed E-state index contributed by atoms with van der Waals surface area (Å²) in [5.41, 5.74) is 1.74. The van der Waals surface area contributed by atoms with E-state index < -0.39 is 11.9 Å². The monoisotopic (exact) mass is 222 g/mol. The summed E-state index contributed by atoms with van der Waals surface area (Å²) in [5, 5.41) is 9.29. The predicted molar refractivity (Wildman–Crippen MR) is 62.9 cm³/mol. The van der Waals surface area contributed by atoms with Gasteiger partial charge < -0.3 is 9.84 Å². The molecule has 1 N–H and O–H groups in total. The van der Waals surface area contributed by atoms with Crippen molar-refractivity contribution in [2.24, 2.45) is 5.92 Å². The molecule has 0 heterocycles. The van der Waals surface area contributed by atoms with E-state index in [9.17, 15) is 9.90 Å². The molecule has 0 aliphatic heterocycles. The van der Waals surface area contributed by atoms with E-state index in [0.29, 0.717) is 5.75 Å². The summed E-state index contributed by atoms with van der Waals surface area (Å²) in [6.45, 7) is 5.73. The molecule has 0 aliphatic rings. The fourth-order valence-corrected chi connectivity index (χ4v) is 1.97. The van der Waals surface area contributed by atoms with Gasteiger partial charge in [0.1, 0.15) is 5.75 Å². The molecule has 1 atom stereocenters. The molecule has 1 aromatic carbocycles. The lowest BCUT2D eigenvalue weighted by molar-refractivity contribution is -0.139. The molecule has 0 radical (unpaired) electrons. The molecular formula is C13H18O3. The Morgan fingerprint density at radius 1 is 1.38 bits per heavy atom. The third kappa shape index (κ3) is 2.35. The van der Waals surface area contributed by atoms with Crippen molar-refractivity contribution in [1.82, 2.24) is 0 Å². The number of carboxylic acid groups (broad SMARTS) is 1. The Morgan fingerprint density at radius 3 is 2.44 bits per heavy atom. The van der Waals surface area contributed by atoms with Gasteiger partial charge in [0.2, 0.25) is 0 Å². The van der Waals surface area contributed by atoms with Gasteiger partial charge >= 0.3 is 5.97 Å². The van der Waals surface area contributed by atoms with Crippen LogP contribution in [0, 0.1) is 12.8 Å². The Hall–Kier alpha value is -1.51. The molecule has 0 spiro atoms. The van der Waals surface area contributed by atoms with Gasteiger partial charge in [-0.2, -0.15) is 0 Å². The Morgan fingerprint density at radius 2 is 2.00 bits per heavy atom. The number of rotatable bonds is 4. The van der Waals surface area contributed by atoms with Crippen LogP contribution >= 0.6 is 0 Å². The second-order valence-electron chi connectivity index (χ2n) is 4.25. The van der Waals surface area contributed by atoms with E-state index in [1.165, 1.54) is 0 Å². The maximum atomic E-state index is 11.3. The van der Waals surface area contributed by atoms with Crippen LogP contribution < -0.4 is 4.74 Å². The quantitative estimate of drug-likeness (QED) is 0.852. The van der Waals surface area contributed by atoms with Crippen molar-refractivity contribution in [2.75, 3.05) is 7.11 Å². The average molecular weight is 222 g/mol. The Balaban J connectivity index is 3.33. The highest BCUT2D eigenvalue weighted by Gasteiger charge is 2.27. The smallest absolute Gasteiger partial charge is 0.311 e. The van der Waals surface area contributed by atoms with Crippen LogP contribution in [0.15, 0.2) is 18.2 Å². The number of hydrogen-bond donors (Lipinski definition) is 1. The summed E-state index contributed by atoms with van der Waals surface area (Å²) in [7, 11) is 1.57. The number of methoxy groups -OCH3 is 1. The minimum absolute atomic E-state index is 0.0347. The minimum Gasteiger partial charge on any atom is -0.496 e. The van der Waals surface area contributed by atoms with E-state index in [0.717, 1.165) is 11.1 Å². The van der Waals surface area contributed by atoms with Gasteiger partial charge in [0.15, 0.2) is 0 Å². The zero-order valence-corrected chi connectivity index (χ0v) is 10.2. The molecule has 0 saturated heterocycles. The molecule has 88 valence electrons. The highest BCUT2D eigenvalue weighted by atomic mass is 16.5. The third-order valence-electron chi connectivity index (χ3n) is 2.75. The van der Waals surface area contributed by atoms with Crippen LogP contribution in [0.5, 0.6) is 5.75 Å². The zero-order chi connectivity index (χ0) is 12.3. The number of carbonyl (C=O) groups is 1. The molecule has 1 aromatic rings. The highest BCUT2D eigenvalue weighted by molar-refractivity contribution is 5.78. The van der Waals surface area contributed by atoms with E-state index in [1.54, 1.807) is 13.2 Å². The first-order valence-electron chi connectivity index (χ1n) is 5.35. The lowest BCUT2D eigenvalue weighted by Gasteiger charge is -2.21. The summed E-state index contributed by atoms with van der Waals surface area (Å²) >= 11 is 0. The molecule has 0 aromatic heterocycles. The molecule has 3 heteroatoms. The summed E-state index contributed by atoms with van der Waals surface area (Å²) in [6, 6.07) is 5.59. The van der Waals surface area contributed by atoms with Gasteiger partial charge in [0, 0.05) is 5.56 Å². The minimum atomic E-state index is -0.803. The number of aliphatic carboxylic acids is 1. The normalized spacial score (nSPS) is 12.6. The first kappa shape index (κ1) is 12.6. The van der Waals surface area contributed by atoms with E-state index >= 15 is 0 Å². The molecule has 3 nitrogen and oxygen atoms in total. The number of hydrogen-bond acceptors (Lipinski definition) is 2. The van der Waals surface area contributed by atoms with Crippen LogP contribution in [0.2, 0.25) is 0 Å². The second-order valence-corrected chi connectivity index (χ2v) is 4.25. The van der Waals surface area contributed by atoms with Gasteiger partial charge in [0.25, 0.3) is 0 Å². The Bertz CT molecular complexity index is 383. The van der Waals surface area contributed by atoms with Crippen molar-refractivity contribution in [3.05, 3.63) is 29.3 Å². The molecule has 0 amide bonds. The summed E-state index contributed by atoms with van der Waals surface area (Å²) in [5.74, 6) is -0.632. The second kappa shape index (κ2) is 5.01. The van der Waals surface area contributed by atoms with E-state index in [2.05, 4.69) is 0 Å². The van der Waals surface area contributed by atoms with Crippen LogP contribution in [-0.4, -0.2) is 18.2 Å². The van der Waals surface area contributed by atoms with Crippen LogP contribution in [0.1, 0.15) is 30.9 Å². The topological polar surface area (TPSA) is 46.5 Å². The first-order chi connectivity index (χ1) is 7.49. The lowest BCUT2D eigenvalue weighted by Crippen LogP contribution is -2.19. The Kier molecular flexibility index (Phi) is 3.93. The standard InChI is InChI=1S/C13H18O3/c1-8(2)11(13(14)15)12-9(3)6-5-7-10(12)16-4/h5-8,11H,1-4H3,(H,14,15). The molecule has 1 rings (SSSR count). The van der Waals surface area contributed by atoms with E-state index in [1.807, 2.05) is 32.9 Å². The summed E-state index contributed by atoms with van der Waals surface area (Å²) < 4.78 is 5.24. The predicted octanol–water partition coefficient (Wildman–Crippen LogP) is 2.83. The van der Waals surface area contributed by atoms with Crippen LogP contribution in [0.3, 0.4) is 0 Å². The van der Waals surface area contributed by atoms with Crippen molar-refractivity contribution in [2.45, 2.75) is 26.7 Å². The van der Waals surface area contributed by atoms with Crippen LogP contribution in [-0.2, 0) is 4.79 Å². The van der Waals surface area contributed by atoms with Crippen molar-refractivity contribution >= 4 is 5.97 Å². The highest BCUT2D eigenvalue weighted by Crippen LogP contribution is 2.34. The van der Waals surface area contributed by atoms with Crippen molar-refractivity contribution in [1.29, 1.82) is 0 Å². The lowest BCUT2D eigenvalue weighted by atomic mass is 9.85. The molecule has 0 saturated carbocycles. The average Bonchev–Trinajstić information content (AvgIpc) is 2.19. The van der Waals surface area contributed by atoms with Crippen molar-refractivity contribution < 1.29 is 14.6 Å². The van der Waals surface area contributed by atoms with Gasteiger partial charge in [-0.05, 0) is 24.5 Å². The van der Waals surface area contributed by atoms with Gasteiger partial charge in [-0.25, -0.2) is 0 Å². The number of carboxylic acids is 1. The van der Waals surface area contributed by atoms with Crippen LogP contribution in [0.25, 0.3) is 0 Å². The maximum absolute atomic E-state index is 11.3. The van der Waals surface area contributed by atoms with Crippen molar-refractivity contribution in [3.8, 4) is 5.75 Å². The largest absolute Gasteiger partial charge is 0.496 e. The molecule has 1 unspecified atom stereocenters. The fourth-order valence-electron chi connectivity index (χ4n) is 1.97. The van der Waals surface area contributed by atoms with Gasteiger partial charge in [0.05, 0.1) is 13.0 Å². The number of ether oxygens (including phenoxy) is 1. The van der Waals surface area contributed by atoms with Gasteiger partial charge in [-0.3, -0.25) is 4.79 Å². The fraction of sp³-hybridized carbons (Fsp3) is 0.462. The van der Waals surface area contributed by atoms with Crippen molar-refractivity contribution in [3.63, 3.8) is 0 Å². The molecule has 16 heavy (non-hydrogen) atoms. The summed E-state index contributed by atoms with van der Waals surface area (Å²) in [4.78, 5) is 11.3. The number of benzene rings is 1. The number of aryl methyl sites for hydroxylation is 1. The molecule has 0 bridgehead atoms. The maximum Gasteiger partial charge on any atom is 0.311 e. The SMILES string of the molecule is COc1cccc(C)c1C(C(=O)O)C(C)C. The Labute approximate surface area is 96.1 Å². The van der Waals surface area contributed by atoms with E-state index in [-0.39, 0.29) is 5.92 Å². The van der Waals surface area contributed by atoms with Crippen LogP contribution in [0.4, 0.5) is 0 Å². The van der Waals surface area contributed by atoms with Gasteiger partial charge in [-0.1, -0.05) is 26.0 Å². The molecule has 0 aliphatic carbocycles. The molecule has 0 fully saturated rings. The molecular weight excluding hydrogens is 204 g/mol. The van der Waals surface area contributed by atoms with Gasteiger partial charge in [-0.15, -0.1) is 0 Å². The third-order valence-corrected chi connectivity index (χ3v) is 2.75. The summed E-state index contributed by atoms with van der Waals surface area (Å²) in [6.07, 6.45) is 0.